The molecule has 1 aromatic carbocycles. The normalized spacial score (nSPS) is 21.5. The molecule has 1 aromatic rings. The fourth-order valence-corrected chi connectivity index (χ4v) is 1.99. The average molecular weight is 191 g/mol. The van der Waals surface area contributed by atoms with E-state index in [4.69, 9.17) is 10.5 Å². The summed E-state index contributed by atoms with van der Waals surface area (Å²) in [7, 11) is 0. The van der Waals surface area contributed by atoms with E-state index in [0.717, 1.165) is 18.9 Å². The van der Waals surface area contributed by atoms with E-state index in [1.54, 1.807) is 0 Å². The van der Waals surface area contributed by atoms with Gasteiger partial charge in [-0.3, -0.25) is 0 Å². The van der Waals surface area contributed by atoms with Gasteiger partial charge in [0, 0.05) is 11.5 Å². The standard InChI is InChI=1S/C12H17NO/c1-8-3-4-12-10(5-8)11(7-14-12)9(2)6-13/h3-5,9,11H,6-7,13H2,1-2H3. The fourth-order valence-electron chi connectivity index (χ4n) is 1.99. The number of rotatable bonds is 2. The van der Waals surface area contributed by atoms with Crippen LogP contribution in [0.3, 0.4) is 0 Å². The Hall–Kier alpha value is -1.02. The van der Waals surface area contributed by atoms with Gasteiger partial charge < -0.3 is 10.5 Å². The maximum absolute atomic E-state index is 5.69. The molecule has 0 amide bonds. The molecule has 76 valence electrons. The SMILES string of the molecule is Cc1ccc2c(c1)C(C(C)CN)CO2. The molecule has 2 atom stereocenters. The minimum Gasteiger partial charge on any atom is -0.493 e. The van der Waals surface area contributed by atoms with Crippen molar-refractivity contribution < 1.29 is 4.74 Å². The fraction of sp³-hybridized carbons (Fsp3) is 0.500. The van der Waals surface area contributed by atoms with Crippen LogP contribution in [0.2, 0.25) is 0 Å². The minimum atomic E-state index is 0.481. The lowest BCUT2D eigenvalue weighted by Crippen LogP contribution is -2.20. The van der Waals surface area contributed by atoms with E-state index in [9.17, 15) is 0 Å². The summed E-state index contributed by atoms with van der Waals surface area (Å²) in [5, 5.41) is 0. The summed E-state index contributed by atoms with van der Waals surface area (Å²) in [6.45, 7) is 5.81. The summed E-state index contributed by atoms with van der Waals surface area (Å²) in [4.78, 5) is 0. The first-order valence-corrected chi connectivity index (χ1v) is 5.15. The number of hydrogen-bond acceptors (Lipinski definition) is 2. The van der Waals surface area contributed by atoms with Crippen molar-refractivity contribution in [3.05, 3.63) is 29.3 Å². The van der Waals surface area contributed by atoms with Gasteiger partial charge in [-0.2, -0.15) is 0 Å². The smallest absolute Gasteiger partial charge is 0.122 e. The summed E-state index contributed by atoms with van der Waals surface area (Å²) in [6.07, 6.45) is 0. The molecule has 2 nitrogen and oxygen atoms in total. The Bertz CT molecular complexity index is 335. The molecule has 0 saturated carbocycles. The van der Waals surface area contributed by atoms with E-state index < -0.39 is 0 Å². The topological polar surface area (TPSA) is 35.2 Å². The number of nitrogens with two attached hydrogens (primary N) is 1. The number of aryl methyl sites for hydroxylation is 1. The van der Waals surface area contributed by atoms with Crippen LogP contribution in [0.1, 0.15) is 24.0 Å². The monoisotopic (exact) mass is 191 g/mol. The molecule has 0 fully saturated rings. The predicted octanol–water partition coefficient (Wildman–Crippen LogP) is 2.07. The third-order valence-electron chi connectivity index (χ3n) is 3.04. The van der Waals surface area contributed by atoms with Gasteiger partial charge in [-0.05, 0) is 25.5 Å². The molecular formula is C12H17NO. The summed E-state index contributed by atoms with van der Waals surface area (Å²) in [5.41, 5.74) is 8.32. The maximum Gasteiger partial charge on any atom is 0.122 e. The highest BCUT2D eigenvalue weighted by Crippen LogP contribution is 2.38. The van der Waals surface area contributed by atoms with Gasteiger partial charge in [0.25, 0.3) is 0 Å². The molecule has 1 aliphatic rings. The molecule has 14 heavy (non-hydrogen) atoms. The van der Waals surface area contributed by atoms with Gasteiger partial charge in [-0.25, -0.2) is 0 Å². The Labute approximate surface area is 85.1 Å². The number of hydrogen-bond donors (Lipinski definition) is 1. The van der Waals surface area contributed by atoms with Crippen molar-refractivity contribution in [1.82, 2.24) is 0 Å². The number of fused-ring (bicyclic) bond motifs is 1. The van der Waals surface area contributed by atoms with Gasteiger partial charge in [0.05, 0.1) is 6.61 Å². The van der Waals surface area contributed by atoms with Crippen molar-refractivity contribution in [1.29, 1.82) is 0 Å². The first-order valence-electron chi connectivity index (χ1n) is 5.15. The summed E-state index contributed by atoms with van der Waals surface area (Å²) in [5.74, 6) is 2.02. The summed E-state index contributed by atoms with van der Waals surface area (Å²) < 4.78 is 5.63. The van der Waals surface area contributed by atoms with Gasteiger partial charge in [-0.15, -0.1) is 0 Å². The van der Waals surface area contributed by atoms with Crippen LogP contribution < -0.4 is 10.5 Å². The average Bonchev–Trinajstić information content (AvgIpc) is 2.59. The van der Waals surface area contributed by atoms with Crippen LogP contribution >= 0.6 is 0 Å². The van der Waals surface area contributed by atoms with Crippen LogP contribution in [0.15, 0.2) is 18.2 Å². The quantitative estimate of drug-likeness (QED) is 0.776. The molecule has 0 spiro atoms. The third kappa shape index (κ3) is 1.50. The molecule has 0 saturated heterocycles. The lowest BCUT2D eigenvalue weighted by atomic mass is 9.88. The lowest BCUT2D eigenvalue weighted by molar-refractivity contribution is 0.299. The van der Waals surface area contributed by atoms with E-state index in [-0.39, 0.29) is 0 Å². The zero-order valence-electron chi connectivity index (χ0n) is 8.79. The number of ether oxygens (including phenoxy) is 1. The van der Waals surface area contributed by atoms with Crippen molar-refractivity contribution in [2.45, 2.75) is 19.8 Å². The van der Waals surface area contributed by atoms with Crippen LogP contribution in [0.5, 0.6) is 5.75 Å². The largest absolute Gasteiger partial charge is 0.493 e. The molecule has 0 aliphatic carbocycles. The molecule has 2 N–H and O–H groups in total. The van der Waals surface area contributed by atoms with Crippen molar-refractivity contribution in [3.8, 4) is 5.75 Å². The molecular weight excluding hydrogens is 174 g/mol. The van der Waals surface area contributed by atoms with Crippen molar-refractivity contribution in [2.75, 3.05) is 13.2 Å². The highest BCUT2D eigenvalue weighted by molar-refractivity contribution is 5.42. The molecule has 2 heteroatoms. The first-order chi connectivity index (χ1) is 6.72. The second-order valence-electron chi connectivity index (χ2n) is 4.17. The van der Waals surface area contributed by atoms with Crippen molar-refractivity contribution in [2.24, 2.45) is 11.7 Å². The zero-order valence-corrected chi connectivity index (χ0v) is 8.79. The van der Waals surface area contributed by atoms with E-state index in [1.807, 2.05) is 0 Å². The highest BCUT2D eigenvalue weighted by atomic mass is 16.5. The second kappa shape index (κ2) is 3.62. The Morgan fingerprint density at radius 1 is 1.57 bits per heavy atom. The van der Waals surface area contributed by atoms with Crippen molar-refractivity contribution in [3.63, 3.8) is 0 Å². The van der Waals surface area contributed by atoms with Crippen LogP contribution in [0.4, 0.5) is 0 Å². The van der Waals surface area contributed by atoms with Crippen LogP contribution in [0, 0.1) is 12.8 Å². The van der Waals surface area contributed by atoms with E-state index in [2.05, 4.69) is 32.0 Å². The Morgan fingerprint density at radius 3 is 3.07 bits per heavy atom. The van der Waals surface area contributed by atoms with E-state index in [0.29, 0.717) is 11.8 Å². The third-order valence-corrected chi connectivity index (χ3v) is 3.04. The number of benzene rings is 1. The molecule has 0 bridgehead atoms. The molecule has 2 rings (SSSR count). The van der Waals surface area contributed by atoms with Gasteiger partial charge in [0.15, 0.2) is 0 Å². The summed E-state index contributed by atoms with van der Waals surface area (Å²) >= 11 is 0. The second-order valence-corrected chi connectivity index (χ2v) is 4.17. The molecule has 0 radical (unpaired) electrons. The van der Waals surface area contributed by atoms with Crippen LogP contribution in [0.25, 0.3) is 0 Å². The predicted molar refractivity (Wildman–Crippen MR) is 57.6 cm³/mol. The molecule has 1 heterocycles. The Balaban J connectivity index is 2.33. The Kier molecular flexibility index (Phi) is 2.46. The van der Waals surface area contributed by atoms with Gasteiger partial charge >= 0.3 is 0 Å². The molecule has 2 unspecified atom stereocenters. The van der Waals surface area contributed by atoms with Crippen molar-refractivity contribution >= 4 is 0 Å². The first kappa shape index (κ1) is 9.53. The van der Waals surface area contributed by atoms with Crippen LogP contribution in [-0.4, -0.2) is 13.2 Å². The summed E-state index contributed by atoms with van der Waals surface area (Å²) in [6, 6.07) is 6.38. The van der Waals surface area contributed by atoms with Crippen LogP contribution in [-0.2, 0) is 0 Å². The molecule has 0 aromatic heterocycles. The zero-order chi connectivity index (χ0) is 10.1. The van der Waals surface area contributed by atoms with Gasteiger partial charge in [0.2, 0.25) is 0 Å². The highest BCUT2D eigenvalue weighted by Gasteiger charge is 2.27. The minimum absolute atomic E-state index is 0.481. The lowest BCUT2D eigenvalue weighted by Gasteiger charge is -2.15. The Morgan fingerprint density at radius 2 is 2.36 bits per heavy atom. The van der Waals surface area contributed by atoms with Gasteiger partial charge in [-0.1, -0.05) is 24.6 Å². The maximum atomic E-state index is 5.69. The van der Waals surface area contributed by atoms with E-state index >= 15 is 0 Å². The molecule has 1 aliphatic heterocycles. The van der Waals surface area contributed by atoms with Gasteiger partial charge in [0.1, 0.15) is 5.75 Å². The van der Waals surface area contributed by atoms with E-state index in [1.165, 1.54) is 11.1 Å².